The van der Waals surface area contributed by atoms with Crippen LogP contribution in [0.4, 0.5) is 17.3 Å². The van der Waals surface area contributed by atoms with Gasteiger partial charge in [-0.25, -0.2) is 19.9 Å². The number of nitrogens with one attached hydrogen (secondary N) is 5. The molecule has 5 N–H and O–H groups in total. The van der Waals surface area contributed by atoms with E-state index in [0.29, 0.717) is 33.2 Å². The summed E-state index contributed by atoms with van der Waals surface area (Å²) < 4.78 is 0. The van der Waals surface area contributed by atoms with Crippen LogP contribution in [0, 0.1) is 12.3 Å². The van der Waals surface area contributed by atoms with Crippen LogP contribution in [0.3, 0.4) is 0 Å². The molecular weight excluding hydrogens is 470 g/mol. The summed E-state index contributed by atoms with van der Waals surface area (Å²) >= 11 is 5.96. The van der Waals surface area contributed by atoms with Crippen molar-refractivity contribution in [1.29, 1.82) is 5.41 Å². The van der Waals surface area contributed by atoms with Crippen molar-refractivity contribution in [3.05, 3.63) is 52.7 Å². The maximum absolute atomic E-state index is 12.9. The van der Waals surface area contributed by atoms with Crippen molar-refractivity contribution in [2.75, 3.05) is 30.0 Å². The number of anilines is 3. The highest BCUT2D eigenvalue weighted by Crippen LogP contribution is 2.31. The predicted octanol–water partition coefficient (Wildman–Crippen LogP) is 3.12. The Bertz CT molecular complexity index is 1300. The van der Waals surface area contributed by atoms with Crippen molar-refractivity contribution in [3.8, 4) is 11.3 Å². The van der Waals surface area contributed by atoms with E-state index in [4.69, 9.17) is 17.0 Å². The first-order chi connectivity index (χ1) is 16.6. The number of carbonyl (C=O) groups excluding carboxylic acids is 2. The van der Waals surface area contributed by atoms with E-state index in [0.717, 1.165) is 0 Å². The van der Waals surface area contributed by atoms with E-state index in [-0.39, 0.29) is 28.9 Å². The second-order valence-corrected chi connectivity index (χ2v) is 8.16. The van der Waals surface area contributed by atoms with Crippen LogP contribution < -0.4 is 21.3 Å². The molecule has 182 valence electrons. The summed E-state index contributed by atoms with van der Waals surface area (Å²) in [5.41, 5.74) is 3.01. The smallest absolute Gasteiger partial charge is 0.275 e. The van der Waals surface area contributed by atoms with E-state index in [2.05, 4.69) is 41.2 Å². The SMILES string of the molecule is CNc1c(C(C)=N)ncnc1-c1cc(NC(=O)c2ncc(Cl)cc2C)nc(NC(=O)C(C)NC)c1. The van der Waals surface area contributed by atoms with Gasteiger partial charge in [0.2, 0.25) is 5.91 Å². The lowest BCUT2D eigenvalue weighted by Crippen LogP contribution is -2.35. The van der Waals surface area contributed by atoms with Crippen LogP contribution in [-0.2, 0) is 4.79 Å². The molecule has 0 aromatic carbocycles. The Morgan fingerprint density at radius 3 is 2.31 bits per heavy atom. The van der Waals surface area contributed by atoms with Crippen molar-refractivity contribution >= 4 is 46.5 Å². The van der Waals surface area contributed by atoms with Crippen molar-refractivity contribution in [3.63, 3.8) is 0 Å². The first-order valence-corrected chi connectivity index (χ1v) is 11.0. The minimum Gasteiger partial charge on any atom is -0.385 e. The van der Waals surface area contributed by atoms with Gasteiger partial charge in [0.15, 0.2) is 0 Å². The molecule has 12 heteroatoms. The highest BCUT2D eigenvalue weighted by molar-refractivity contribution is 6.30. The van der Waals surface area contributed by atoms with Crippen LogP contribution in [0.15, 0.2) is 30.7 Å². The molecule has 1 unspecified atom stereocenters. The van der Waals surface area contributed by atoms with Crippen LogP contribution >= 0.6 is 11.6 Å². The summed E-state index contributed by atoms with van der Waals surface area (Å²) in [6, 6.07) is 4.42. The first-order valence-electron chi connectivity index (χ1n) is 10.7. The third-order valence-electron chi connectivity index (χ3n) is 5.13. The average Bonchev–Trinajstić information content (AvgIpc) is 2.82. The molecule has 3 aromatic rings. The third-order valence-corrected chi connectivity index (χ3v) is 5.34. The standard InChI is InChI=1S/C23H26ClN9O2/c1-11-6-15(24)9-28-18(11)23(35)33-17-8-14(7-16(31-17)32-22(34)13(3)26-4)20-21(27-5)19(12(2)25)29-10-30-20/h6-10,13,25-27H,1-5H3,(H2,31,32,33,34,35). The zero-order chi connectivity index (χ0) is 25.7. The van der Waals surface area contributed by atoms with Crippen LogP contribution in [0.5, 0.6) is 0 Å². The zero-order valence-corrected chi connectivity index (χ0v) is 20.7. The highest BCUT2D eigenvalue weighted by Gasteiger charge is 2.19. The summed E-state index contributed by atoms with van der Waals surface area (Å²) in [4.78, 5) is 42.5. The molecule has 2 amide bonds. The molecule has 0 bridgehead atoms. The molecule has 0 aliphatic heterocycles. The normalized spacial score (nSPS) is 11.5. The number of nitrogens with zero attached hydrogens (tertiary/aromatic N) is 4. The molecule has 0 spiro atoms. The zero-order valence-electron chi connectivity index (χ0n) is 19.9. The minimum atomic E-state index is -0.489. The third kappa shape index (κ3) is 5.94. The minimum absolute atomic E-state index is 0.171. The molecule has 35 heavy (non-hydrogen) atoms. The summed E-state index contributed by atoms with van der Waals surface area (Å²) in [5.74, 6) is -0.418. The number of pyridine rings is 2. The maximum atomic E-state index is 12.9. The topological polar surface area (TPSA) is 158 Å². The number of aromatic nitrogens is 4. The number of rotatable bonds is 8. The highest BCUT2D eigenvalue weighted by atomic mass is 35.5. The molecule has 0 aliphatic carbocycles. The van der Waals surface area contributed by atoms with Gasteiger partial charge in [-0.05, 0) is 51.6 Å². The Morgan fingerprint density at radius 2 is 1.71 bits per heavy atom. The number of aryl methyl sites for hydroxylation is 1. The fourth-order valence-corrected chi connectivity index (χ4v) is 3.45. The van der Waals surface area contributed by atoms with Crippen LogP contribution in [-0.4, -0.2) is 57.6 Å². The monoisotopic (exact) mass is 495 g/mol. The molecule has 0 aliphatic rings. The van der Waals surface area contributed by atoms with Crippen LogP contribution in [0.2, 0.25) is 5.02 Å². The van der Waals surface area contributed by atoms with Gasteiger partial charge in [-0.15, -0.1) is 0 Å². The van der Waals surface area contributed by atoms with Crippen molar-refractivity contribution < 1.29 is 9.59 Å². The van der Waals surface area contributed by atoms with Gasteiger partial charge in [0, 0.05) is 18.8 Å². The van der Waals surface area contributed by atoms with Gasteiger partial charge in [0.25, 0.3) is 5.91 Å². The van der Waals surface area contributed by atoms with Crippen molar-refractivity contribution in [2.24, 2.45) is 0 Å². The Balaban J connectivity index is 2.09. The second-order valence-electron chi connectivity index (χ2n) is 7.72. The quantitative estimate of drug-likeness (QED) is 0.298. The molecule has 0 saturated carbocycles. The van der Waals surface area contributed by atoms with Gasteiger partial charge in [-0.2, -0.15) is 0 Å². The largest absolute Gasteiger partial charge is 0.385 e. The van der Waals surface area contributed by atoms with Gasteiger partial charge >= 0.3 is 0 Å². The molecular formula is C23H26ClN9O2. The molecule has 3 aromatic heterocycles. The Morgan fingerprint density at radius 1 is 1.03 bits per heavy atom. The van der Waals surface area contributed by atoms with E-state index >= 15 is 0 Å². The number of hydrogen-bond donors (Lipinski definition) is 5. The molecule has 3 heterocycles. The number of carbonyl (C=O) groups is 2. The molecule has 0 radical (unpaired) electrons. The fraction of sp³-hybridized carbons (Fsp3) is 0.261. The van der Waals surface area contributed by atoms with E-state index in [1.807, 2.05) is 0 Å². The fourth-order valence-electron chi connectivity index (χ4n) is 3.24. The lowest BCUT2D eigenvalue weighted by molar-refractivity contribution is -0.117. The van der Waals surface area contributed by atoms with Crippen molar-refractivity contribution in [1.82, 2.24) is 25.3 Å². The number of likely N-dealkylation sites (N-methyl/N-ethyl adjacent to an activating group) is 1. The lowest BCUT2D eigenvalue weighted by atomic mass is 10.1. The molecule has 3 rings (SSSR count). The van der Waals surface area contributed by atoms with Gasteiger partial charge < -0.3 is 26.7 Å². The van der Waals surface area contributed by atoms with E-state index in [9.17, 15) is 9.59 Å². The van der Waals surface area contributed by atoms with Crippen LogP contribution in [0.25, 0.3) is 11.3 Å². The molecule has 0 fully saturated rings. The lowest BCUT2D eigenvalue weighted by Gasteiger charge is -2.16. The van der Waals surface area contributed by atoms with Crippen molar-refractivity contribution in [2.45, 2.75) is 26.8 Å². The number of amides is 2. The van der Waals surface area contributed by atoms with Gasteiger partial charge in [-0.3, -0.25) is 9.59 Å². The Hall–Kier alpha value is -3.96. The number of halogens is 1. The van der Waals surface area contributed by atoms with Gasteiger partial charge in [-0.1, -0.05) is 11.6 Å². The molecule has 11 nitrogen and oxygen atoms in total. The summed E-state index contributed by atoms with van der Waals surface area (Å²) in [6.07, 6.45) is 2.74. The van der Waals surface area contributed by atoms with E-state index in [1.165, 1.54) is 12.5 Å². The van der Waals surface area contributed by atoms with Crippen LogP contribution in [0.1, 0.15) is 35.6 Å². The summed E-state index contributed by atoms with van der Waals surface area (Å²) in [5, 5.41) is 19.8. The Kier molecular flexibility index (Phi) is 8.05. The van der Waals surface area contributed by atoms with E-state index < -0.39 is 11.9 Å². The van der Waals surface area contributed by atoms with Gasteiger partial charge in [0.05, 0.1) is 28.2 Å². The first kappa shape index (κ1) is 25.7. The second kappa shape index (κ2) is 11.0. The molecule has 0 saturated heterocycles. The maximum Gasteiger partial charge on any atom is 0.275 e. The summed E-state index contributed by atoms with van der Waals surface area (Å²) in [6.45, 7) is 5.06. The van der Waals surface area contributed by atoms with Gasteiger partial charge in [0.1, 0.15) is 29.4 Å². The predicted molar refractivity (Wildman–Crippen MR) is 136 cm³/mol. The summed E-state index contributed by atoms with van der Waals surface area (Å²) in [7, 11) is 3.37. The molecule has 1 atom stereocenters. The Labute approximate surface area is 207 Å². The average molecular weight is 496 g/mol. The van der Waals surface area contributed by atoms with E-state index in [1.54, 1.807) is 53.1 Å². The number of hydrogen-bond acceptors (Lipinski definition) is 9.